The lowest BCUT2D eigenvalue weighted by Gasteiger charge is -2.19. The van der Waals surface area contributed by atoms with Gasteiger partial charge in [0.2, 0.25) is 5.91 Å². The maximum atomic E-state index is 11.9. The van der Waals surface area contributed by atoms with Crippen molar-refractivity contribution in [1.29, 1.82) is 0 Å². The molecule has 2 aromatic carbocycles. The van der Waals surface area contributed by atoms with Crippen LogP contribution >= 0.6 is 0 Å². The van der Waals surface area contributed by atoms with Gasteiger partial charge in [-0.05, 0) is 29.2 Å². The summed E-state index contributed by atoms with van der Waals surface area (Å²) in [7, 11) is 0. The van der Waals surface area contributed by atoms with Crippen LogP contribution < -0.4 is 15.5 Å². The Labute approximate surface area is 172 Å². The summed E-state index contributed by atoms with van der Waals surface area (Å²) in [6.45, 7) is -0.146. The first-order chi connectivity index (χ1) is 14.3. The highest BCUT2D eigenvalue weighted by atomic mass is 19.4. The Balaban J connectivity index is 1.39. The molecule has 6 nitrogen and oxygen atoms in total. The molecule has 0 spiro atoms. The van der Waals surface area contributed by atoms with Crippen molar-refractivity contribution in [2.24, 2.45) is 0 Å². The third-order valence-electron chi connectivity index (χ3n) is 4.63. The minimum atomic E-state index is -4.61. The standard InChI is InChI=1S/C21H22F3N3O3/c22-21(23,24)14-30-20(29)26-12-19(28)25-11-15-5-7-16(8-6-15)13-27-10-9-17-3-1-2-4-18(17)27/h1-8H,9-14H2,(H,25,28)(H,26,29). The molecule has 9 heteroatoms. The topological polar surface area (TPSA) is 70.7 Å². The summed E-state index contributed by atoms with van der Waals surface area (Å²) in [4.78, 5) is 25.2. The van der Waals surface area contributed by atoms with Gasteiger partial charge < -0.3 is 20.3 Å². The number of rotatable bonds is 7. The van der Waals surface area contributed by atoms with Crippen molar-refractivity contribution in [3.05, 3.63) is 65.2 Å². The fraction of sp³-hybridized carbons (Fsp3) is 0.333. The molecule has 0 atom stereocenters. The average Bonchev–Trinajstić information content (AvgIpc) is 3.12. The molecule has 0 saturated carbocycles. The number of carbonyl (C=O) groups excluding carboxylic acids is 2. The molecule has 1 aliphatic rings. The van der Waals surface area contributed by atoms with Gasteiger partial charge >= 0.3 is 12.3 Å². The van der Waals surface area contributed by atoms with Crippen LogP contribution in [0.5, 0.6) is 0 Å². The fourth-order valence-corrected chi connectivity index (χ4v) is 3.17. The summed E-state index contributed by atoms with van der Waals surface area (Å²) in [6, 6.07) is 16.2. The molecular formula is C21H22F3N3O3. The van der Waals surface area contributed by atoms with Crippen molar-refractivity contribution in [3.63, 3.8) is 0 Å². The molecular weight excluding hydrogens is 399 g/mol. The second-order valence-electron chi connectivity index (χ2n) is 6.94. The largest absolute Gasteiger partial charge is 0.440 e. The van der Waals surface area contributed by atoms with Crippen LogP contribution in [0.25, 0.3) is 0 Å². The Morgan fingerprint density at radius 1 is 1.00 bits per heavy atom. The van der Waals surface area contributed by atoms with Crippen molar-refractivity contribution in [2.45, 2.75) is 25.7 Å². The van der Waals surface area contributed by atoms with E-state index in [1.165, 1.54) is 11.3 Å². The minimum Gasteiger partial charge on any atom is -0.440 e. The zero-order chi connectivity index (χ0) is 21.6. The molecule has 2 aromatic rings. The molecule has 3 rings (SSSR count). The Hall–Kier alpha value is -3.23. The summed E-state index contributed by atoms with van der Waals surface area (Å²) >= 11 is 0. The highest BCUT2D eigenvalue weighted by Gasteiger charge is 2.29. The number of halogens is 3. The molecule has 0 aliphatic carbocycles. The Kier molecular flexibility index (Phi) is 6.81. The van der Waals surface area contributed by atoms with Gasteiger partial charge in [0.05, 0.1) is 0 Å². The zero-order valence-corrected chi connectivity index (χ0v) is 16.2. The van der Waals surface area contributed by atoms with E-state index in [2.05, 4.69) is 27.1 Å². The van der Waals surface area contributed by atoms with Gasteiger partial charge in [0.25, 0.3) is 0 Å². The van der Waals surface area contributed by atoms with Gasteiger partial charge in [0.15, 0.2) is 6.61 Å². The lowest BCUT2D eigenvalue weighted by atomic mass is 10.1. The van der Waals surface area contributed by atoms with E-state index in [1.54, 1.807) is 0 Å². The van der Waals surface area contributed by atoms with E-state index in [0.29, 0.717) is 0 Å². The minimum absolute atomic E-state index is 0.241. The first-order valence-corrected chi connectivity index (χ1v) is 9.45. The number of nitrogens with zero attached hydrogens (tertiary/aromatic N) is 1. The highest BCUT2D eigenvalue weighted by molar-refractivity contribution is 5.82. The SMILES string of the molecule is O=C(CNC(=O)OCC(F)(F)F)NCc1ccc(CN2CCc3ccccc32)cc1. The van der Waals surface area contributed by atoms with Crippen molar-refractivity contribution < 1.29 is 27.5 Å². The van der Waals surface area contributed by atoms with Gasteiger partial charge in [0.1, 0.15) is 6.54 Å². The number of alkyl carbamates (subject to hydrolysis) is 1. The number of nitrogens with one attached hydrogen (secondary N) is 2. The van der Waals surface area contributed by atoms with Crippen molar-refractivity contribution in [2.75, 3.05) is 24.6 Å². The molecule has 0 aromatic heterocycles. The van der Waals surface area contributed by atoms with Crippen molar-refractivity contribution >= 4 is 17.7 Å². The lowest BCUT2D eigenvalue weighted by molar-refractivity contribution is -0.160. The van der Waals surface area contributed by atoms with E-state index < -0.39 is 31.3 Å². The van der Waals surface area contributed by atoms with E-state index in [-0.39, 0.29) is 6.54 Å². The summed E-state index contributed by atoms with van der Waals surface area (Å²) < 4.78 is 39.8. The van der Waals surface area contributed by atoms with Crippen LogP contribution in [0.3, 0.4) is 0 Å². The summed E-state index contributed by atoms with van der Waals surface area (Å²) in [6.07, 6.45) is -4.86. The van der Waals surface area contributed by atoms with Gasteiger partial charge in [-0.25, -0.2) is 4.79 Å². The van der Waals surface area contributed by atoms with E-state index in [0.717, 1.165) is 30.6 Å². The maximum absolute atomic E-state index is 11.9. The summed E-state index contributed by atoms with van der Waals surface area (Å²) in [5.74, 6) is -0.531. The zero-order valence-electron chi connectivity index (χ0n) is 16.2. The lowest BCUT2D eigenvalue weighted by Crippen LogP contribution is -2.37. The number of hydrogen-bond donors (Lipinski definition) is 2. The molecule has 0 saturated heterocycles. The van der Waals surface area contributed by atoms with Crippen LogP contribution in [0, 0.1) is 0 Å². The smallest absolute Gasteiger partial charge is 0.422 e. The number of carbonyl (C=O) groups is 2. The molecule has 2 amide bonds. The highest BCUT2D eigenvalue weighted by Crippen LogP contribution is 2.28. The van der Waals surface area contributed by atoms with Crippen molar-refractivity contribution in [3.8, 4) is 0 Å². The van der Waals surface area contributed by atoms with Crippen LogP contribution in [-0.4, -0.2) is 37.9 Å². The molecule has 2 N–H and O–H groups in total. The van der Waals surface area contributed by atoms with Gasteiger partial charge in [-0.3, -0.25) is 4.79 Å². The van der Waals surface area contributed by atoms with Crippen LogP contribution in [-0.2, 0) is 29.0 Å². The van der Waals surface area contributed by atoms with E-state index in [1.807, 2.05) is 41.7 Å². The third-order valence-corrected chi connectivity index (χ3v) is 4.63. The predicted molar refractivity (Wildman–Crippen MR) is 105 cm³/mol. The van der Waals surface area contributed by atoms with E-state index >= 15 is 0 Å². The van der Waals surface area contributed by atoms with Crippen LogP contribution in [0.4, 0.5) is 23.7 Å². The quantitative estimate of drug-likeness (QED) is 0.721. The number of hydrogen-bond acceptors (Lipinski definition) is 4. The number of alkyl halides is 3. The molecule has 0 fully saturated rings. The Morgan fingerprint density at radius 2 is 1.70 bits per heavy atom. The van der Waals surface area contributed by atoms with Crippen molar-refractivity contribution in [1.82, 2.24) is 10.6 Å². The van der Waals surface area contributed by atoms with Gasteiger partial charge in [-0.1, -0.05) is 42.5 Å². The van der Waals surface area contributed by atoms with E-state index in [4.69, 9.17) is 0 Å². The molecule has 0 radical (unpaired) electrons. The molecule has 1 aliphatic heterocycles. The number of benzene rings is 2. The average molecular weight is 421 g/mol. The number of fused-ring (bicyclic) bond motifs is 1. The number of ether oxygens (including phenoxy) is 1. The number of para-hydroxylation sites is 1. The Morgan fingerprint density at radius 3 is 2.43 bits per heavy atom. The maximum Gasteiger partial charge on any atom is 0.422 e. The third kappa shape index (κ3) is 6.40. The molecule has 0 unspecified atom stereocenters. The molecule has 1 heterocycles. The second kappa shape index (κ2) is 9.51. The molecule has 160 valence electrons. The number of amides is 2. The van der Waals surface area contributed by atoms with Crippen LogP contribution in [0.15, 0.2) is 48.5 Å². The molecule has 30 heavy (non-hydrogen) atoms. The monoisotopic (exact) mass is 421 g/mol. The first-order valence-electron chi connectivity index (χ1n) is 9.45. The first kappa shape index (κ1) is 21.5. The van der Waals surface area contributed by atoms with Crippen LogP contribution in [0.1, 0.15) is 16.7 Å². The Bertz CT molecular complexity index is 885. The predicted octanol–water partition coefficient (Wildman–Crippen LogP) is 3.15. The normalized spacial score (nSPS) is 13.0. The summed E-state index contributed by atoms with van der Waals surface area (Å²) in [5.41, 5.74) is 4.63. The van der Waals surface area contributed by atoms with Gasteiger partial charge in [-0.2, -0.15) is 13.2 Å². The summed E-state index contributed by atoms with van der Waals surface area (Å²) in [5, 5.41) is 4.56. The fourth-order valence-electron chi connectivity index (χ4n) is 3.17. The second-order valence-corrected chi connectivity index (χ2v) is 6.94. The number of anilines is 1. The van der Waals surface area contributed by atoms with Gasteiger partial charge in [0, 0.05) is 25.3 Å². The van der Waals surface area contributed by atoms with E-state index in [9.17, 15) is 22.8 Å². The molecule has 0 bridgehead atoms. The van der Waals surface area contributed by atoms with Gasteiger partial charge in [-0.15, -0.1) is 0 Å². The van der Waals surface area contributed by atoms with Crippen LogP contribution in [0.2, 0.25) is 0 Å².